The molecular formula is C25H21N3S. The van der Waals surface area contributed by atoms with Crippen molar-refractivity contribution >= 4 is 49.1 Å². The van der Waals surface area contributed by atoms with Crippen molar-refractivity contribution in [3.8, 4) is 11.1 Å². The number of rotatable bonds is 5. The van der Waals surface area contributed by atoms with Crippen molar-refractivity contribution in [1.82, 2.24) is 0 Å². The van der Waals surface area contributed by atoms with Crippen molar-refractivity contribution in [1.29, 1.82) is 5.41 Å². The van der Waals surface area contributed by atoms with E-state index in [1.807, 2.05) is 18.2 Å². The number of hydrogen-bond acceptors (Lipinski definition) is 3. The molecule has 4 rings (SSSR count). The molecule has 0 amide bonds. The van der Waals surface area contributed by atoms with Gasteiger partial charge in [0, 0.05) is 39.0 Å². The largest absolute Gasteiger partial charge is 0.383 e. The first-order chi connectivity index (χ1) is 14.2. The molecule has 1 heterocycles. The predicted octanol–water partition coefficient (Wildman–Crippen LogP) is 6.28. The molecule has 0 aliphatic carbocycles. The van der Waals surface area contributed by atoms with Gasteiger partial charge >= 0.3 is 0 Å². The molecule has 0 aliphatic rings. The van der Waals surface area contributed by atoms with Crippen molar-refractivity contribution in [2.75, 3.05) is 7.05 Å². The second-order valence-corrected chi connectivity index (χ2v) is 7.70. The lowest BCUT2D eigenvalue weighted by Gasteiger charge is -2.09. The maximum absolute atomic E-state index is 7.48. The topological polar surface area (TPSA) is 62.2 Å². The van der Waals surface area contributed by atoms with Crippen LogP contribution in [0.25, 0.3) is 36.9 Å². The van der Waals surface area contributed by atoms with Crippen LogP contribution in [0.4, 0.5) is 0 Å². The smallest absolute Gasteiger partial charge is 0.126 e. The molecule has 4 heteroatoms. The Balaban J connectivity index is 2.10. The molecule has 1 aromatic heterocycles. The Hall–Kier alpha value is -3.50. The number of nitrogens with zero attached hydrogens (tertiary/aromatic N) is 1. The molecule has 3 N–H and O–H groups in total. The molecule has 4 aromatic rings. The minimum Gasteiger partial charge on any atom is -0.383 e. The SMILES string of the molecule is C=C/C(=C\C=N)c1ccc(C(N)=NC)c2c1sc1ccc(-c3ccccc3)cc12. The molecule has 0 aliphatic heterocycles. The number of allylic oxidation sites excluding steroid dienone is 3. The molecular weight excluding hydrogens is 374 g/mol. The maximum Gasteiger partial charge on any atom is 0.126 e. The normalized spacial score (nSPS) is 12.4. The Labute approximate surface area is 174 Å². The van der Waals surface area contributed by atoms with E-state index in [1.54, 1.807) is 30.5 Å². The summed E-state index contributed by atoms with van der Waals surface area (Å²) in [6.07, 6.45) is 4.84. The first-order valence-electron chi connectivity index (χ1n) is 9.28. The molecule has 0 spiro atoms. The molecule has 3 nitrogen and oxygen atoms in total. The number of nitrogens with two attached hydrogens (primary N) is 1. The number of amidine groups is 1. The van der Waals surface area contributed by atoms with Crippen LogP contribution < -0.4 is 5.73 Å². The lowest BCUT2D eigenvalue weighted by molar-refractivity contribution is 1.40. The van der Waals surface area contributed by atoms with Crippen molar-refractivity contribution in [3.05, 3.63) is 90.5 Å². The third kappa shape index (κ3) is 3.28. The molecule has 0 unspecified atom stereocenters. The van der Waals surface area contributed by atoms with E-state index >= 15 is 0 Å². The van der Waals surface area contributed by atoms with Crippen LogP contribution in [0.15, 0.2) is 84.4 Å². The number of fused-ring (bicyclic) bond motifs is 3. The average Bonchev–Trinajstić information content (AvgIpc) is 3.16. The molecule has 0 saturated heterocycles. The van der Waals surface area contributed by atoms with Crippen molar-refractivity contribution in [3.63, 3.8) is 0 Å². The van der Waals surface area contributed by atoms with Crippen LogP contribution in [0, 0.1) is 5.41 Å². The van der Waals surface area contributed by atoms with E-state index in [4.69, 9.17) is 11.1 Å². The van der Waals surface area contributed by atoms with E-state index in [1.165, 1.54) is 22.0 Å². The van der Waals surface area contributed by atoms with Crippen LogP contribution in [0.3, 0.4) is 0 Å². The monoisotopic (exact) mass is 395 g/mol. The number of hydrogen-bond donors (Lipinski definition) is 2. The molecule has 142 valence electrons. The van der Waals surface area contributed by atoms with Crippen molar-refractivity contribution in [2.45, 2.75) is 0 Å². The van der Waals surface area contributed by atoms with E-state index in [0.29, 0.717) is 5.84 Å². The quantitative estimate of drug-likeness (QED) is 0.233. The molecule has 0 saturated carbocycles. The van der Waals surface area contributed by atoms with E-state index in [0.717, 1.165) is 32.2 Å². The highest BCUT2D eigenvalue weighted by atomic mass is 32.1. The van der Waals surface area contributed by atoms with Crippen LogP contribution in [0.1, 0.15) is 11.1 Å². The molecule has 0 atom stereocenters. The Morgan fingerprint density at radius 1 is 1.03 bits per heavy atom. The van der Waals surface area contributed by atoms with Crippen molar-refractivity contribution < 1.29 is 0 Å². The Morgan fingerprint density at radius 3 is 2.48 bits per heavy atom. The first kappa shape index (κ1) is 18.8. The minimum atomic E-state index is 0.516. The van der Waals surface area contributed by atoms with Gasteiger partial charge in [0.1, 0.15) is 5.84 Å². The van der Waals surface area contributed by atoms with Gasteiger partial charge in [-0.1, -0.05) is 55.1 Å². The van der Waals surface area contributed by atoms with Crippen LogP contribution in [-0.4, -0.2) is 19.1 Å². The Bertz CT molecular complexity index is 1290. The summed E-state index contributed by atoms with van der Waals surface area (Å²) in [6, 6.07) is 21.0. The highest BCUT2D eigenvalue weighted by Crippen LogP contribution is 2.41. The molecule has 0 bridgehead atoms. The fraction of sp³-hybridized carbons (Fsp3) is 0.0400. The fourth-order valence-corrected chi connectivity index (χ4v) is 4.85. The second-order valence-electron chi connectivity index (χ2n) is 6.65. The summed E-state index contributed by atoms with van der Waals surface area (Å²) < 4.78 is 2.32. The van der Waals surface area contributed by atoms with E-state index in [-0.39, 0.29) is 0 Å². The molecule has 0 radical (unpaired) electrons. The zero-order chi connectivity index (χ0) is 20.4. The van der Waals surface area contributed by atoms with Crippen molar-refractivity contribution in [2.24, 2.45) is 10.7 Å². The Kier molecular flexibility index (Phi) is 5.10. The molecule has 29 heavy (non-hydrogen) atoms. The van der Waals surface area contributed by atoms with Gasteiger partial charge in [-0.05, 0) is 46.5 Å². The van der Waals surface area contributed by atoms with Crippen LogP contribution in [0.5, 0.6) is 0 Å². The predicted molar refractivity (Wildman–Crippen MR) is 128 cm³/mol. The number of nitrogens with one attached hydrogen (secondary N) is 1. The summed E-state index contributed by atoms with van der Waals surface area (Å²) >= 11 is 1.73. The molecule has 3 aromatic carbocycles. The number of benzene rings is 3. The van der Waals surface area contributed by atoms with E-state index in [9.17, 15) is 0 Å². The standard InChI is InChI=1S/C25H21N3S/c1-3-16(13-14-26)19-10-11-20(25(27)28-2)23-21-15-18(17-7-5-4-6-8-17)9-12-22(21)29-24(19)23/h3-15,26H,1H2,2H3,(H2,27,28)/b16-13+,26-14?. The second kappa shape index (κ2) is 7.86. The first-order valence-corrected chi connectivity index (χ1v) is 10.1. The fourth-order valence-electron chi connectivity index (χ4n) is 3.61. The van der Waals surface area contributed by atoms with Gasteiger partial charge in [0.15, 0.2) is 0 Å². The lowest BCUT2D eigenvalue weighted by Crippen LogP contribution is -2.13. The third-order valence-electron chi connectivity index (χ3n) is 5.04. The number of aliphatic imine (C=N–C) groups is 1. The van der Waals surface area contributed by atoms with Crippen LogP contribution >= 0.6 is 11.3 Å². The van der Waals surface area contributed by atoms with Gasteiger partial charge in [0.05, 0.1) is 0 Å². The summed E-state index contributed by atoms with van der Waals surface area (Å²) in [5.41, 5.74) is 11.5. The number of thiophene rings is 1. The summed E-state index contributed by atoms with van der Waals surface area (Å²) in [5, 5.41) is 9.74. The van der Waals surface area contributed by atoms with Gasteiger partial charge < -0.3 is 11.1 Å². The molecule has 0 fully saturated rings. The third-order valence-corrected chi connectivity index (χ3v) is 6.24. The van der Waals surface area contributed by atoms with Crippen LogP contribution in [0.2, 0.25) is 0 Å². The Morgan fingerprint density at radius 2 is 1.79 bits per heavy atom. The van der Waals surface area contributed by atoms with E-state index in [2.05, 4.69) is 54.0 Å². The summed E-state index contributed by atoms with van der Waals surface area (Å²) in [6.45, 7) is 3.93. The minimum absolute atomic E-state index is 0.516. The average molecular weight is 396 g/mol. The zero-order valence-electron chi connectivity index (χ0n) is 16.1. The summed E-state index contributed by atoms with van der Waals surface area (Å²) in [5.74, 6) is 0.516. The zero-order valence-corrected chi connectivity index (χ0v) is 17.0. The highest BCUT2D eigenvalue weighted by molar-refractivity contribution is 7.26. The van der Waals surface area contributed by atoms with Gasteiger partial charge in [0.25, 0.3) is 0 Å². The van der Waals surface area contributed by atoms with Gasteiger partial charge in [0.2, 0.25) is 0 Å². The van der Waals surface area contributed by atoms with Gasteiger partial charge in [-0.2, -0.15) is 0 Å². The van der Waals surface area contributed by atoms with E-state index < -0.39 is 0 Å². The summed E-state index contributed by atoms with van der Waals surface area (Å²) in [4.78, 5) is 4.23. The maximum atomic E-state index is 7.48. The van der Waals surface area contributed by atoms with Gasteiger partial charge in [-0.3, -0.25) is 4.99 Å². The van der Waals surface area contributed by atoms with Crippen LogP contribution in [-0.2, 0) is 0 Å². The van der Waals surface area contributed by atoms with Gasteiger partial charge in [-0.15, -0.1) is 11.3 Å². The summed E-state index contributed by atoms with van der Waals surface area (Å²) in [7, 11) is 1.71. The highest BCUT2D eigenvalue weighted by Gasteiger charge is 2.17. The lowest BCUT2D eigenvalue weighted by atomic mass is 9.96. The van der Waals surface area contributed by atoms with Gasteiger partial charge in [-0.25, -0.2) is 0 Å².